The topological polar surface area (TPSA) is 50.8 Å². The van der Waals surface area contributed by atoms with Crippen molar-refractivity contribution < 1.29 is 14.3 Å². The Balaban J connectivity index is 2.02. The van der Waals surface area contributed by atoms with Gasteiger partial charge in [0, 0.05) is 6.54 Å². The van der Waals surface area contributed by atoms with Crippen LogP contribution in [0, 0.1) is 5.92 Å². The third kappa shape index (κ3) is 3.91. The van der Waals surface area contributed by atoms with Crippen molar-refractivity contribution >= 4 is 5.91 Å². The van der Waals surface area contributed by atoms with Crippen LogP contribution in [0.25, 0.3) is 0 Å². The first-order valence-corrected chi connectivity index (χ1v) is 7.76. The van der Waals surface area contributed by atoms with E-state index in [9.17, 15) is 4.79 Å². The van der Waals surface area contributed by atoms with Crippen LogP contribution >= 0.6 is 0 Å². The van der Waals surface area contributed by atoms with Gasteiger partial charge in [0.15, 0.2) is 11.5 Å². The van der Waals surface area contributed by atoms with Gasteiger partial charge in [0.1, 0.15) is 0 Å². The van der Waals surface area contributed by atoms with Crippen LogP contribution in [0.3, 0.4) is 0 Å². The van der Waals surface area contributed by atoms with Gasteiger partial charge in [-0.25, -0.2) is 0 Å². The molecule has 1 N–H and O–H groups in total. The van der Waals surface area contributed by atoms with E-state index in [-0.39, 0.29) is 17.9 Å². The van der Waals surface area contributed by atoms with Crippen LogP contribution in [0.5, 0.6) is 11.5 Å². The summed E-state index contributed by atoms with van der Waals surface area (Å²) in [5, 5.41) is 3.11. The average Bonchev–Trinajstić information content (AvgIpc) is 2.54. The maximum atomic E-state index is 12.4. The molecule has 0 unspecified atom stereocenters. The molecule has 2 rings (SSSR count). The number of nitrogens with zero attached hydrogens (tertiary/aromatic N) is 1. The highest BCUT2D eigenvalue weighted by Gasteiger charge is 2.25. The van der Waals surface area contributed by atoms with Crippen LogP contribution in [-0.4, -0.2) is 45.2 Å². The summed E-state index contributed by atoms with van der Waals surface area (Å²) in [4.78, 5) is 14.6. The van der Waals surface area contributed by atoms with E-state index in [0.717, 1.165) is 31.5 Å². The Kier molecular flexibility index (Phi) is 5.66. The lowest BCUT2D eigenvalue weighted by Crippen LogP contribution is -2.42. The van der Waals surface area contributed by atoms with Gasteiger partial charge in [-0.05, 0) is 51.1 Å². The zero-order valence-corrected chi connectivity index (χ0v) is 13.9. The highest BCUT2D eigenvalue weighted by molar-refractivity contribution is 5.79. The molecule has 1 aromatic carbocycles. The fourth-order valence-corrected chi connectivity index (χ4v) is 2.92. The lowest BCUT2D eigenvalue weighted by atomic mass is 9.97. The summed E-state index contributed by atoms with van der Waals surface area (Å²) >= 11 is 0. The average molecular weight is 306 g/mol. The Labute approximate surface area is 132 Å². The molecule has 2 atom stereocenters. The van der Waals surface area contributed by atoms with Gasteiger partial charge in [-0.15, -0.1) is 0 Å². The Bertz CT molecular complexity index is 519. The lowest BCUT2D eigenvalue weighted by Gasteiger charge is -2.29. The Morgan fingerprint density at radius 1 is 1.32 bits per heavy atom. The van der Waals surface area contributed by atoms with Crippen LogP contribution in [0.4, 0.5) is 0 Å². The smallest absolute Gasteiger partial charge is 0.224 e. The highest BCUT2D eigenvalue weighted by atomic mass is 16.5. The van der Waals surface area contributed by atoms with Crippen molar-refractivity contribution in [2.75, 3.05) is 34.4 Å². The number of carbonyl (C=O) groups is 1. The number of rotatable bonds is 5. The lowest BCUT2D eigenvalue weighted by molar-refractivity contribution is -0.127. The molecule has 1 fully saturated rings. The Morgan fingerprint density at radius 3 is 2.68 bits per heavy atom. The van der Waals surface area contributed by atoms with Crippen LogP contribution in [0.2, 0.25) is 0 Å². The molecule has 1 heterocycles. The Hall–Kier alpha value is -1.75. The number of hydrogen-bond donors (Lipinski definition) is 1. The molecule has 0 aliphatic carbocycles. The van der Waals surface area contributed by atoms with Crippen molar-refractivity contribution in [2.24, 2.45) is 5.92 Å². The molecule has 5 nitrogen and oxygen atoms in total. The second kappa shape index (κ2) is 7.49. The molecule has 22 heavy (non-hydrogen) atoms. The third-order valence-electron chi connectivity index (χ3n) is 4.26. The molecule has 1 aliphatic heterocycles. The molecular weight excluding hydrogens is 280 g/mol. The van der Waals surface area contributed by atoms with Gasteiger partial charge in [0.2, 0.25) is 5.91 Å². The highest BCUT2D eigenvalue weighted by Crippen LogP contribution is 2.30. The standard InChI is InChI=1S/C17H26N2O3/c1-12(13-7-8-15(21-3)16(10-13)22-4)18-17(20)14-6-5-9-19(2)11-14/h7-8,10,12,14H,5-6,9,11H2,1-4H3,(H,18,20)/t12-,14-/m0/s1. The minimum Gasteiger partial charge on any atom is -0.493 e. The second-order valence-electron chi connectivity index (χ2n) is 5.95. The minimum absolute atomic E-state index is 0.0560. The monoisotopic (exact) mass is 306 g/mol. The van der Waals surface area contributed by atoms with Crippen molar-refractivity contribution in [3.05, 3.63) is 23.8 Å². The van der Waals surface area contributed by atoms with E-state index in [2.05, 4.69) is 17.3 Å². The van der Waals surface area contributed by atoms with E-state index >= 15 is 0 Å². The summed E-state index contributed by atoms with van der Waals surface area (Å²) < 4.78 is 10.6. The van der Waals surface area contributed by atoms with Gasteiger partial charge >= 0.3 is 0 Å². The van der Waals surface area contributed by atoms with Crippen LogP contribution in [0.1, 0.15) is 31.4 Å². The number of ether oxygens (including phenoxy) is 2. The molecule has 1 aromatic rings. The van der Waals surface area contributed by atoms with E-state index in [0.29, 0.717) is 11.5 Å². The van der Waals surface area contributed by atoms with Crippen molar-refractivity contribution in [2.45, 2.75) is 25.8 Å². The third-order valence-corrected chi connectivity index (χ3v) is 4.26. The molecule has 0 aromatic heterocycles. The second-order valence-corrected chi connectivity index (χ2v) is 5.95. The first-order valence-electron chi connectivity index (χ1n) is 7.76. The fraction of sp³-hybridized carbons (Fsp3) is 0.588. The largest absolute Gasteiger partial charge is 0.493 e. The number of nitrogens with one attached hydrogen (secondary N) is 1. The molecule has 0 bridgehead atoms. The molecule has 1 aliphatic rings. The molecule has 122 valence electrons. The normalized spacial score (nSPS) is 20.3. The zero-order valence-electron chi connectivity index (χ0n) is 13.9. The fourth-order valence-electron chi connectivity index (χ4n) is 2.92. The van der Waals surface area contributed by atoms with Crippen molar-refractivity contribution in [3.8, 4) is 11.5 Å². The number of hydrogen-bond acceptors (Lipinski definition) is 4. The van der Waals surface area contributed by atoms with Gasteiger partial charge in [-0.2, -0.15) is 0 Å². The quantitative estimate of drug-likeness (QED) is 0.906. The summed E-state index contributed by atoms with van der Waals surface area (Å²) in [6.07, 6.45) is 2.05. The number of carbonyl (C=O) groups excluding carboxylic acids is 1. The summed E-state index contributed by atoms with van der Waals surface area (Å²) in [5.41, 5.74) is 1.01. The van der Waals surface area contributed by atoms with E-state index in [1.807, 2.05) is 25.1 Å². The first-order chi connectivity index (χ1) is 10.5. The van der Waals surface area contributed by atoms with Crippen LogP contribution in [0.15, 0.2) is 18.2 Å². The summed E-state index contributed by atoms with van der Waals surface area (Å²) in [6.45, 7) is 3.91. The van der Waals surface area contributed by atoms with Gasteiger partial charge in [-0.1, -0.05) is 6.07 Å². The van der Waals surface area contributed by atoms with Crippen LogP contribution < -0.4 is 14.8 Å². The van der Waals surface area contributed by atoms with Crippen LogP contribution in [-0.2, 0) is 4.79 Å². The maximum Gasteiger partial charge on any atom is 0.224 e. The first kappa shape index (κ1) is 16.6. The maximum absolute atomic E-state index is 12.4. The van der Waals surface area contributed by atoms with Gasteiger partial charge in [0.05, 0.1) is 26.2 Å². The Morgan fingerprint density at radius 2 is 2.05 bits per heavy atom. The predicted octanol–water partition coefficient (Wildman–Crippen LogP) is 2.22. The van der Waals surface area contributed by atoms with E-state index in [1.165, 1.54) is 0 Å². The summed E-state index contributed by atoms with van der Waals surface area (Å²) in [6, 6.07) is 5.68. The van der Waals surface area contributed by atoms with E-state index in [1.54, 1.807) is 14.2 Å². The van der Waals surface area contributed by atoms with Crippen molar-refractivity contribution in [1.82, 2.24) is 10.2 Å². The summed E-state index contributed by atoms with van der Waals surface area (Å²) in [5.74, 6) is 1.59. The number of likely N-dealkylation sites (tertiary alicyclic amines) is 1. The van der Waals surface area contributed by atoms with Crippen molar-refractivity contribution in [1.29, 1.82) is 0 Å². The van der Waals surface area contributed by atoms with E-state index in [4.69, 9.17) is 9.47 Å². The number of methoxy groups -OCH3 is 2. The molecule has 0 radical (unpaired) electrons. The molecule has 0 spiro atoms. The van der Waals surface area contributed by atoms with Gasteiger partial charge in [-0.3, -0.25) is 4.79 Å². The molecular formula is C17H26N2O3. The summed E-state index contributed by atoms with van der Waals surface area (Å²) in [7, 11) is 5.29. The van der Waals surface area contributed by atoms with Crippen molar-refractivity contribution in [3.63, 3.8) is 0 Å². The number of benzene rings is 1. The molecule has 1 saturated heterocycles. The zero-order chi connectivity index (χ0) is 16.1. The van der Waals surface area contributed by atoms with E-state index < -0.39 is 0 Å². The number of amides is 1. The molecule has 5 heteroatoms. The SMILES string of the molecule is COc1ccc([C@H](C)NC(=O)[C@H]2CCCN(C)C2)cc1OC. The molecule has 1 amide bonds. The predicted molar refractivity (Wildman–Crippen MR) is 86.3 cm³/mol. The van der Waals surface area contributed by atoms with Gasteiger partial charge in [0.25, 0.3) is 0 Å². The minimum atomic E-state index is -0.0560. The number of piperidine rings is 1. The van der Waals surface area contributed by atoms with Gasteiger partial charge < -0.3 is 19.7 Å². The molecule has 0 saturated carbocycles.